The molecular formula is C18H24O2. The molecule has 1 heterocycles. The van der Waals surface area contributed by atoms with Crippen LogP contribution in [0, 0.1) is 12.8 Å². The van der Waals surface area contributed by atoms with Gasteiger partial charge in [-0.15, -0.1) is 0 Å². The molecule has 1 aromatic carbocycles. The predicted molar refractivity (Wildman–Crippen MR) is 80.5 cm³/mol. The zero-order valence-corrected chi connectivity index (χ0v) is 12.4. The third kappa shape index (κ3) is 2.74. The summed E-state index contributed by atoms with van der Waals surface area (Å²) in [7, 11) is 0. The highest BCUT2D eigenvalue weighted by molar-refractivity contribution is 6.01. The van der Waals surface area contributed by atoms with Crippen LogP contribution in [0.25, 0.3) is 0 Å². The Morgan fingerprint density at radius 1 is 1.10 bits per heavy atom. The number of carbonyl (C=O) groups excluding carboxylic acids is 1. The van der Waals surface area contributed by atoms with Crippen LogP contribution < -0.4 is 4.74 Å². The summed E-state index contributed by atoms with van der Waals surface area (Å²) in [6.45, 7) is 2.84. The highest BCUT2D eigenvalue weighted by Gasteiger charge is 2.26. The number of benzene rings is 1. The fourth-order valence-corrected chi connectivity index (χ4v) is 3.56. The Bertz CT molecular complexity index is 498. The number of Topliss-reactive ketones (excluding diaryl/α,β-unsaturated/α-hetero) is 1. The highest BCUT2D eigenvalue weighted by atomic mass is 16.5. The summed E-state index contributed by atoms with van der Waals surface area (Å²) in [4.78, 5) is 12.9. The van der Waals surface area contributed by atoms with E-state index in [1.807, 2.05) is 6.07 Å². The van der Waals surface area contributed by atoms with E-state index in [-0.39, 0.29) is 5.92 Å². The molecule has 2 nitrogen and oxygen atoms in total. The van der Waals surface area contributed by atoms with Crippen LogP contribution in [-0.2, 0) is 6.42 Å². The minimum atomic E-state index is 0.224. The van der Waals surface area contributed by atoms with Gasteiger partial charge >= 0.3 is 0 Å². The topological polar surface area (TPSA) is 26.3 Å². The van der Waals surface area contributed by atoms with Gasteiger partial charge < -0.3 is 4.74 Å². The average Bonchev–Trinajstić information content (AvgIpc) is 2.71. The Morgan fingerprint density at radius 2 is 1.90 bits per heavy atom. The fraction of sp³-hybridized carbons (Fsp3) is 0.611. The minimum absolute atomic E-state index is 0.224. The molecule has 1 aliphatic heterocycles. The van der Waals surface area contributed by atoms with Gasteiger partial charge in [-0.05, 0) is 56.2 Å². The van der Waals surface area contributed by atoms with E-state index in [0.29, 0.717) is 5.78 Å². The third-order valence-corrected chi connectivity index (χ3v) is 4.64. The Labute approximate surface area is 121 Å². The molecule has 3 rings (SSSR count). The molecule has 0 saturated heterocycles. The lowest BCUT2D eigenvalue weighted by molar-refractivity contribution is 0.0885. The van der Waals surface area contributed by atoms with Crippen LogP contribution in [-0.4, -0.2) is 12.4 Å². The Kier molecular flexibility index (Phi) is 4.09. The zero-order chi connectivity index (χ0) is 13.9. The second kappa shape index (κ2) is 5.99. The van der Waals surface area contributed by atoms with Crippen LogP contribution in [0.2, 0.25) is 0 Å². The SMILES string of the molecule is Cc1cc2c(c(C(=O)C3CCCCC3)c1)OCCCC2. The van der Waals surface area contributed by atoms with E-state index in [1.165, 1.54) is 30.4 Å². The van der Waals surface area contributed by atoms with Crippen LogP contribution in [0.1, 0.15) is 66.4 Å². The van der Waals surface area contributed by atoms with Crippen molar-refractivity contribution < 1.29 is 9.53 Å². The van der Waals surface area contributed by atoms with Gasteiger partial charge in [0.25, 0.3) is 0 Å². The molecule has 0 atom stereocenters. The average molecular weight is 272 g/mol. The maximum Gasteiger partial charge on any atom is 0.169 e. The molecule has 0 bridgehead atoms. The lowest BCUT2D eigenvalue weighted by Gasteiger charge is -2.22. The summed E-state index contributed by atoms with van der Waals surface area (Å²) in [5.74, 6) is 1.44. The number of rotatable bonds is 2. The maximum atomic E-state index is 12.9. The van der Waals surface area contributed by atoms with Crippen molar-refractivity contribution in [1.29, 1.82) is 0 Å². The number of hydrogen-bond donors (Lipinski definition) is 0. The Morgan fingerprint density at radius 3 is 2.70 bits per heavy atom. The lowest BCUT2D eigenvalue weighted by Crippen LogP contribution is -2.19. The van der Waals surface area contributed by atoms with E-state index >= 15 is 0 Å². The molecule has 1 saturated carbocycles. The number of fused-ring (bicyclic) bond motifs is 1. The molecule has 108 valence electrons. The van der Waals surface area contributed by atoms with Gasteiger partial charge in [0.15, 0.2) is 5.78 Å². The van der Waals surface area contributed by atoms with Gasteiger partial charge in [0.1, 0.15) is 5.75 Å². The van der Waals surface area contributed by atoms with E-state index in [1.54, 1.807) is 0 Å². The molecule has 0 radical (unpaired) electrons. The molecule has 0 aromatic heterocycles. The molecule has 1 aromatic rings. The molecule has 2 aliphatic rings. The third-order valence-electron chi connectivity index (χ3n) is 4.64. The first kappa shape index (κ1) is 13.7. The predicted octanol–water partition coefficient (Wildman–Crippen LogP) is 4.47. The van der Waals surface area contributed by atoms with Crippen LogP contribution in [0.5, 0.6) is 5.75 Å². The normalized spacial score (nSPS) is 19.9. The molecule has 2 heteroatoms. The van der Waals surface area contributed by atoms with Gasteiger partial charge in [-0.2, -0.15) is 0 Å². The minimum Gasteiger partial charge on any atom is -0.493 e. The van der Waals surface area contributed by atoms with Crippen molar-refractivity contribution in [2.24, 2.45) is 5.92 Å². The molecule has 0 amide bonds. The molecule has 0 N–H and O–H groups in total. The maximum absolute atomic E-state index is 12.9. The molecule has 1 fully saturated rings. The van der Waals surface area contributed by atoms with Crippen molar-refractivity contribution in [3.8, 4) is 5.75 Å². The van der Waals surface area contributed by atoms with Crippen LogP contribution in [0.15, 0.2) is 12.1 Å². The number of carbonyl (C=O) groups is 1. The number of hydrogen-bond acceptors (Lipinski definition) is 2. The van der Waals surface area contributed by atoms with Crippen molar-refractivity contribution in [1.82, 2.24) is 0 Å². The first-order chi connectivity index (χ1) is 9.75. The first-order valence-electron chi connectivity index (χ1n) is 8.06. The molecule has 0 spiro atoms. The standard InChI is InChI=1S/C18H24O2/c1-13-11-15-9-5-6-10-20-18(15)16(12-13)17(19)14-7-3-2-4-8-14/h11-12,14H,2-10H2,1H3. The lowest BCUT2D eigenvalue weighted by atomic mass is 9.83. The molecule has 1 aliphatic carbocycles. The number of ether oxygens (including phenoxy) is 1. The fourth-order valence-electron chi connectivity index (χ4n) is 3.56. The van der Waals surface area contributed by atoms with Gasteiger partial charge in [-0.25, -0.2) is 0 Å². The smallest absolute Gasteiger partial charge is 0.169 e. The van der Waals surface area contributed by atoms with Gasteiger partial charge in [-0.3, -0.25) is 4.79 Å². The number of aryl methyl sites for hydroxylation is 2. The van der Waals surface area contributed by atoms with E-state index < -0.39 is 0 Å². The van der Waals surface area contributed by atoms with Crippen molar-refractivity contribution in [2.45, 2.75) is 58.3 Å². The van der Waals surface area contributed by atoms with Crippen LogP contribution in [0.4, 0.5) is 0 Å². The van der Waals surface area contributed by atoms with Gasteiger partial charge in [0, 0.05) is 5.92 Å². The van der Waals surface area contributed by atoms with Gasteiger partial charge in [-0.1, -0.05) is 25.3 Å². The zero-order valence-electron chi connectivity index (χ0n) is 12.4. The van der Waals surface area contributed by atoms with E-state index in [4.69, 9.17) is 4.74 Å². The first-order valence-corrected chi connectivity index (χ1v) is 8.06. The largest absolute Gasteiger partial charge is 0.493 e. The van der Waals surface area contributed by atoms with Crippen LogP contribution in [0.3, 0.4) is 0 Å². The van der Waals surface area contributed by atoms with Crippen molar-refractivity contribution in [3.63, 3.8) is 0 Å². The second-order valence-corrected chi connectivity index (χ2v) is 6.31. The van der Waals surface area contributed by atoms with Crippen molar-refractivity contribution in [2.75, 3.05) is 6.61 Å². The summed E-state index contributed by atoms with van der Waals surface area (Å²) in [5.41, 5.74) is 3.28. The Hall–Kier alpha value is -1.31. The summed E-state index contributed by atoms with van der Waals surface area (Å²) in [6, 6.07) is 4.24. The highest BCUT2D eigenvalue weighted by Crippen LogP contribution is 2.34. The summed E-state index contributed by atoms with van der Waals surface area (Å²) in [5, 5.41) is 0. The van der Waals surface area contributed by atoms with Crippen LogP contribution >= 0.6 is 0 Å². The quantitative estimate of drug-likeness (QED) is 0.742. The summed E-state index contributed by atoms with van der Waals surface area (Å²) >= 11 is 0. The summed E-state index contributed by atoms with van der Waals surface area (Å²) < 4.78 is 5.93. The van der Waals surface area contributed by atoms with Crippen molar-refractivity contribution in [3.05, 3.63) is 28.8 Å². The monoisotopic (exact) mass is 272 g/mol. The van der Waals surface area contributed by atoms with E-state index in [9.17, 15) is 4.79 Å². The van der Waals surface area contributed by atoms with Gasteiger partial charge in [0.05, 0.1) is 12.2 Å². The molecule has 0 unspecified atom stereocenters. The summed E-state index contributed by atoms with van der Waals surface area (Å²) in [6.07, 6.45) is 9.09. The molecular weight excluding hydrogens is 248 g/mol. The van der Waals surface area contributed by atoms with Crippen molar-refractivity contribution >= 4 is 5.78 Å². The van der Waals surface area contributed by atoms with Gasteiger partial charge in [0.2, 0.25) is 0 Å². The second-order valence-electron chi connectivity index (χ2n) is 6.31. The number of ketones is 1. The van der Waals surface area contributed by atoms with E-state index in [2.05, 4.69) is 13.0 Å². The van der Waals surface area contributed by atoms with E-state index in [0.717, 1.165) is 50.0 Å². The molecule has 20 heavy (non-hydrogen) atoms. The Balaban J connectivity index is 1.95.